The van der Waals surface area contributed by atoms with Crippen LogP contribution in [0.25, 0.3) is 6.08 Å². The molecule has 0 spiro atoms. The SMILES string of the molecule is CCOc1cc(/C=C2\SC(=Nc3ccc(OC)cc3)NC2=O)cc(Br)c1OS(=O)(=O)c1cccc([N+](=O)[O-])c1. The monoisotopic (exact) mass is 633 g/mol. The minimum absolute atomic E-state index is 0.0864. The molecule has 3 aromatic rings. The van der Waals surface area contributed by atoms with Gasteiger partial charge in [0.2, 0.25) is 0 Å². The third-order valence-corrected chi connectivity index (χ3v) is 7.81. The van der Waals surface area contributed by atoms with Crippen molar-refractivity contribution >= 4 is 66.3 Å². The zero-order valence-electron chi connectivity index (χ0n) is 20.4. The number of benzene rings is 3. The Bertz CT molecular complexity index is 1610. The molecule has 1 saturated heterocycles. The van der Waals surface area contributed by atoms with Crippen LogP contribution in [0.5, 0.6) is 17.2 Å². The number of nitro groups is 1. The van der Waals surface area contributed by atoms with Crippen LogP contribution in [0.15, 0.2) is 79.9 Å². The number of nitrogens with one attached hydrogen (secondary N) is 1. The third-order valence-electron chi connectivity index (χ3n) is 5.09. The largest absolute Gasteiger partial charge is 0.497 e. The van der Waals surface area contributed by atoms with E-state index in [0.29, 0.717) is 27.1 Å². The fourth-order valence-electron chi connectivity index (χ4n) is 3.33. The number of carbonyl (C=O) groups is 1. The van der Waals surface area contributed by atoms with Gasteiger partial charge in [-0.25, -0.2) is 4.99 Å². The molecule has 1 aliphatic heterocycles. The van der Waals surface area contributed by atoms with Gasteiger partial charge < -0.3 is 19.0 Å². The Morgan fingerprint density at radius 2 is 1.90 bits per heavy atom. The summed E-state index contributed by atoms with van der Waals surface area (Å²) >= 11 is 4.45. The van der Waals surface area contributed by atoms with E-state index in [4.69, 9.17) is 13.7 Å². The number of hydrogen-bond acceptors (Lipinski definition) is 10. The van der Waals surface area contributed by atoms with E-state index in [9.17, 15) is 23.3 Å². The van der Waals surface area contributed by atoms with Crippen molar-refractivity contribution < 1.29 is 31.8 Å². The maximum atomic E-state index is 12.9. The van der Waals surface area contributed by atoms with Crippen LogP contribution in [-0.2, 0) is 14.9 Å². The van der Waals surface area contributed by atoms with Crippen LogP contribution < -0.4 is 19.0 Å². The van der Waals surface area contributed by atoms with Crippen molar-refractivity contribution in [2.24, 2.45) is 4.99 Å². The molecule has 1 fully saturated rings. The predicted molar refractivity (Wildman–Crippen MR) is 150 cm³/mol. The van der Waals surface area contributed by atoms with E-state index in [-0.39, 0.29) is 33.4 Å². The molecule has 0 aromatic heterocycles. The average Bonchev–Trinajstić information content (AvgIpc) is 3.24. The molecule has 11 nitrogen and oxygen atoms in total. The van der Waals surface area contributed by atoms with Crippen LogP contribution >= 0.6 is 27.7 Å². The molecule has 14 heteroatoms. The van der Waals surface area contributed by atoms with Crippen molar-refractivity contribution in [1.29, 1.82) is 0 Å². The smallest absolute Gasteiger partial charge is 0.339 e. The summed E-state index contributed by atoms with van der Waals surface area (Å²) in [5, 5.41) is 14.2. The second-order valence-corrected chi connectivity index (χ2v) is 11.2. The zero-order chi connectivity index (χ0) is 28.2. The van der Waals surface area contributed by atoms with Crippen molar-refractivity contribution in [1.82, 2.24) is 5.32 Å². The second-order valence-electron chi connectivity index (χ2n) is 7.73. The quantitative estimate of drug-likeness (QED) is 0.141. The lowest BCUT2D eigenvalue weighted by Gasteiger charge is -2.14. The van der Waals surface area contributed by atoms with Gasteiger partial charge in [0.15, 0.2) is 16.7 Å². The van der Waals surface area contributed by atoms with Gasteiger partial charge in [0.25, 0.3) is 11.6 Å². The molecule has 0 radical (unpaired) electrons. The number of halogens is 1. The number of hydrogen-bond donors (Lipinski definition) is 1. The first-order chi connectivity index (χ1) is 18.6. The molecule has 4 rings (SSSR count). The lowest BCUT2D eigenvalue weighted by atomic mass is 10.2. The molecule has 202 valence electrons. The highest BCUT2D eigenvalue weighted by atomic mass is 79.9. The van der Waals surface area contributed by atoms with Gasteiger partial charge in [0.1, 0.15) is 10.6 Å². The minimum atomic E-state index is -4.44. The summed E-state index contributed by atoms with van der Waals surface area (Å²) < 4.78 is 42.1. The molecular weight excluding hydrogens is 614 g/mol. The van der Waals surface area contributed by atoms with Crippen molar-refractivity contribution in [3.8, 4) is 17.2 Å². The van der Waals surface area contributed by atoms with E-state index in [1.807, 2.05) is 0 Å². The first-order valence-electron chi connectivity index (χ1n) is 11.2. The third kappa shape index (κ3) is 6.77. The Balaban J connectivity index is 1.61. The van der Waals surface area contributed by atoms with Crippen LogP contribution in [0, 0.1) is 10.1 Å². The summed E-state index contributed by atoms with van der Waals surface area (Å²) in [6.45, 7) is 1.90. The Hall–Kier alpha value is -3.88. The van der Waals surface area contributed by atoms with E-state index >= 15 is 0 Å². The molecule has 0 unspecified atom stereocenters. The molecule has 1 aliphatic rings. The number of carbonyl (C=O) groups excluding carboxylic acids is 1. The fraction of sp³-hybridized carbons (Fsp3) is 0.120. The molecule has 1 N–H and O–H groups in total. The van der Waals surface area contributed by atoms with Crippen LogP contribution in [-0.4, -0.2) is 38.1 Å². The number of methoxy groups -OCH3 is 1. The number of thioether (sulfide) groups is 1. The summed E-state index contributed by atoms with van der Waals surface area (Å²) in [5.41, 5.74) is 0.759. The fourth-order valence-corrected chi connectivity index (χ4v) is 5.82. The molecule has 0 bridgehead atoms. The number of non-ortho nitro benzene ring substituents is 1. The molecule has 1 amide bonds. The highest BCUT2D eigenvalue weighted by Crippen LogP contribution is 2.40. The van der Waals surface area contributed by atoms with E-state index in [1.54, 1.807) is 50.4 Å². The molecule has 0 aliphatic carbocycles. The summed E-state index contributed by atoms with van der Waals surface area (Å²) in [7, 11) is -2.88. The van der Waals surface area contributed by atoms with Gasteiger partial charge in [-0.15, -0.1) is 0 Å². The van der Waals surface area contributed by atoms with Crippen molar-refractivity contribution in [3.05, 3.63) is 85.7 Å². The van der Waals surface area contributed by atoms with E-state index in [0.717, 1.165) is 17.8 Å². The standard InChI is InChI=1S/C25H20BrN3O8S2/c1-3-36-21-12-15(13-22-24(30)28-25(38-22)27-16-7-9-18(35-2)10-8-16)11-20(26)23(21)37-39(33,34)19-6-4-5-17(14-19)29(31)32/h4-14H,3H2,1-2H3,(H,27,28,30)/b22-13-. The van der Waals surface area contributed by atoms with Gasteiger partial charge in [-0.2, -0.15) is 8.42 Å². The van der Waals surface area contributed by atoms with Gasteiger partial charge >= 0.3 is 10.1 Å². The number of rotatable bonds is 9. The van der Waals surface area contributed by atoms with Crippen molar-refractivity contribution in [2.75, 3.05) is 13.7 Å². The van der Waals surface area contributed by atoms with Gasteiger partial charge in [0, 0.05) is 12.1 Å². The predicted octanol–water partition coefficient (Wildman–Crippen LogP) is 5.42. The van der Waals surface area contributed by atoms with E-state index in [1.165, 1.54) is 24.3 Å². The molecule has 0 saturated carbocycles. The number of aliphatic imine (C=N–C) groups is 1. The Kier molecular flexibility index (Phi) is 8.57. The minimum Gasteiger partial charge on any atom is -0.497 e. The average molecular weight is 634 g/mol. The summed E-state index contributed by atoms with van der Waals surface area (Å²) in [6.07, 6.45) is 1.60. The lowest BCUT2D eigenvalue weighted by Crippen LogP contribution is -2.19. The van der Waals surface area contributed by atoms with Crippen molar-refractivity contribution in [2.45, 2.75) is 11.8 Å². The normalized spacial score (nSPS) is 15.3. The van der Waals surface area contributed by atoms with Gasteiger partial charge in [0.05, 0.1) is 33.7 Å². The number of nitrogens with zero attached hydrogens (tertiary/aromatic N) is 2. The summed E-state index contributed by atoms with van der Waals surface area (Å²) in [6, 6.07) is 14.6. The van der Waals surface area contributed by atoms with Gasteiger partial charge in [-0.1, -0.05) is 6.07 Å². The maximum Gasteiger partial charge on any atom is 0.339 e. The van der Waals surface area contributed by atoms with Crippen LogP contribution in [0.1, 0.15) is 12.5 Å². The Morgan fingerprint density at radius 1 is 1.15 bits per heavy atom. The van der Waals surface area contributed by atoms with Crippen LogP contribution in [0.4, 0.5) is 11.4 Å². The zero-order valence-corrected chi connectivity index (χ0v) is 23.6. The topological polar surface area (TPSA) is 146 Å². The summed E-state index contributed by atoms with van der Waals surface area (Å²) in [4.78, 5) is 27.3. The molecule has 0 atom stereocenters. The molecule has 1 heterocycles. The molecule has 39 heavy (non-hydrogen) atoms. The first-order valence-corrected chi connectivity index (χ1v) is 14.2. The van der Waals surface area contributed by atoms with Crippen LogP contribution in [0.3, 0.4) is 0 Å². The summed E-state index contributed by atoms with van der Waals surface area (Å²) in [5.74, 6) is 0.276. The first kappa shape index (κ1) is 28.1. The maximum absolute atomic E-state index is 12.9. The molecular formula is C25H20BrN3O8S2. The number of nitro benzene ring substituents is 1. The van der Waals surface area contributed by atoms with Crippen LogP contribution in [0.2, 0.25) is 0 Å². The van der Waals surface area contributed by atoms with E-state index < -0.39 is 20.7 Å². The lowest BCUT2D eigenvalue weighted by molar-refractivity contribution is -0.385. The highest BCUT2D eigenvalue weighted by molar-refractivity contribution is 9.10. The highest BCUT2D eigenvalue weighted by Gasteiger charge is 2.26. The number of ether oxygens (including phenoxy) is 2. The number of amides is 1. The second kappa shape index (κ2) is 11.9. The Morgan fingerprint density at radius 3 is 2.56 bits per heavy atom. The number of amidine groups is 1. The van der Waals surface area contributed by atoms with Gasteiger partial charge in [-0.3, -0.25) is 14.9 Å². The molecule has 3 aromatic carbocycles. The Labute approximate surface area is 236 Å². The van der Waals surface area contributed by atoms with Gasteiger partial charge in [-0.05, 0) is 88.7 Å². The van der Waals surface area contributed by atoms with E-state index in [2.05, 4.69) is 26.2 Å². The van der Waals surface area contributed by atoms with Crippen molar-refractivity contribution in [3.63, 3.8) is 0 Å².